The van der Waals surface area contributed by atoms with Crippen molar-refractivity contribution >= 4 is 27.3 Å². The number of anilines is 1. The Morgan fingerprint density at radius 2 is 2.23 bits per heavy atom. The highest BCUT2D eigenvalue weighted by Gasteiger charge is 2.14. The molecule has 0 bridgehead atoms. The summed E-state index contributed by atoms with van der Waals surface area (Å²) in [5.41, 5.74) is 5.35. The molecule has 13 heavy (non-hydrogen) atoms. The molecule has 6 heteroatoms. The first kappa shape index (κ1) is 9.48. The van der Waals surface area contributed by atoms with Crippen LogP contribution < -0.4 is 5.73 Å². The van der Waals surface area contributed by atoms with Crippen LogP contribution in [0.3, 0.4) is 0 Å². The van der Waals surface area contributed by atoms with Gasteiger partial charge in [0.1, 0.15) is 11.8 Å². The van der Waals surface area contributed by atoms with E-state index in [0.29, 0.717) is 4.47 Å². The summed E-state index contributed by atoms with van der Waals surface area (Å²) in [6, 6.07) is 4.29. The van der Waals surface area contributed by atoms with Gasteiger partial charge in [0.25, 0.3) is 5.69 Å². The van der Waals surface area contributed by atoms with Gasteiger partial charge in [-0.2, -0.15) is 5.26 Å². The van der Waals surface area contributed by atoms with Crippen LogP contribution in [-0.2, 0) is 0 Å². The Morgan fingerprint density at radius 1 is 1.62 bits per heavy atom. The van der Waals surface area contributed by atoms with Gasteiger partial charge in [-0.15, -0.1) is 0 Å². The van der Waals surface area contributed by atoms with E-state index in [1.54, 1.807) is 0 Å². The molecule has 0 radical (unpaired) electrons. The Kier molecular flexibility index (Phi) is 2.49. The van der Waals surface area contributed by atoms with Gasteiger partial charge in [-0.1, -0.05) is 0 Å². The number of rotatable bonds is 1. The number of hydrogen-bond donors (Lipinski definition) is 1. The molecule has 0 unspecified atom stereocenters. The van der Waals surface area contributed by atoms with E-state index < -0.39 is 4.92 Å². The van der Waals surface area contributed by atoms with Crippen LogP contribution in [0.1, 0.15) is 5.56 Å². The van der Waals surface area contributed by atoms with Gasteiger partial charge in [-0.05, 0) is 22.0 Å². The first-order valence-electron chi connectivity index (χ1n) is 3.19. The molecule has 1 aromatic rings. The molecule has 2 N–H and O–H groups in total. The van der Waals surface area contributed by atoms with Crippen LogP contribution in [0, 0.1) is 21.4 Å². The average molecular weight is 242 g/mol. The summed E-state index contributed by atoms with van der Waals surface area (Å²) >= 11 is 3.07. The Labute approximate surface area is 82.0 Å². The maximum atomic E-state index is 10.4. The predicted molar refractivity (Wildman–Crippen MR) is 49.9 cm³/mol. The van der Waals surface area contributed by atoms with Gasteiger partial charge < -0.3 is 5.73 Å². The van der Waals surface area contributed by atoms with E-state index in [1.165, 1.54) is 6.07 Å². The molecule has 1 aromatic carbocycles. The van der Waals surface area contributed by atoms with Gasteiger partial charge in [0.2, 0.25) is 0 Å². The van der Waals surface area contributed by atoms with Crippen molar-refractivity contribution in [3.05, 3.63) is 32.3 Å². The van der Waals surface area contributed by atoms with E-state index in [4.69, 9.17) is 11.0 Å². The lowest BCUT2D eigenvalue weighted by molar-refractivity contribution is -0.383. The maximum Gasteiger partial charge on any atom is 0.293 e. The number of nitro benzene ring substituents is 1. The minimum Gasteiger partial charge on any atom is -0.393 e. The van der Waals surface area contributed by atoms with Crippen LogP contribution in [0.5, 0.6) is 0 Å². The fraction of sp³-hybridized carbons (Fsp3) is 0. The van der Waals surface area contributed by atoms with Gasteiger partial charge >= 0.3 is 0 Å². The van der Waals surface area contributed by atoms with Gasteiger partial charge in [0, 0.05) is 10.5 Å². The van der Waals surface area contributed by atoms with Crippen molar-refractivity contribution in [3.63, 3.8) is 0 Å². The summed E-state index contributed by atoms with van der Waals surface area (Å²) in [5.74, 6) is 0. The summed E-state index contributed by atoms with van der Waals surface area (Å²) in [4.78, 5) is 9.78. The molecule has 0 atom stereocenters. The fourth-order valence-electron chi connectivity index (χ4n) is 0.821. The molecule has 0 spiro atoms. The van der Waals surface area contributed by atoms with E-state index in [0.717, 1.165) is 6.07 Å². The lowest BCUT2D eigenvalue weighted by Crippen LogP contribution is -1.96. The molecule has 0 aromatic heterocycles. The number of nitro groups is 1. The smallest absolute Gasteiger partial charge is 0.293 e. The number of nitrogen functional groups attached to an aromatic ring is 1. The molecular formula is C7H4BrN3O2. The fourth-order valence-corrected chi connectivity index (χ4v) is 1.27. The standard InChI is InChI=1S/C7H4BrN3O2/c8-5-2-6(10)7(11(12)13)1-4(5)3-9/h1-2H,10H2. The zero-order chi connectivity index (χ0) is 10.0. The highest BCUT2D eigenvalue weighted by atomic mass is 79.9. The third-order valence-electron chi connectivity index (χ3n) is 1.43. The predicted octanol–water partition coefficient (Wildman–Crippen LogP) is 1.81. The molecular weight excluding hydrogens is 238 g/mol. The largest absolute Gasteiger partial charge is 0.393 e. The molecule has 0 saturated heterocycles. The highest BCUT2D eigenvalue weighted by Crippen LogP contribution is 2.28. The first-order chi connectivity index (χ1) is 6.06. The van der Waals surface area contributed by atoms with Gasteiger partial charge in [-0.3, -0.25) is 10.1 Å². The topological polar surface area (TPSA) is 92.9 Å². The molecule has 0 aliphatic carbocycles. The summed E-state index contributed by atoms with van der Waals surface area (Å²) in [6.07, 6.45) is 0. The Balaban J connectivity index is 3.41. The van der Waals surface area contributed by atoms with Gasteiger partial charge in [0.05, 0.1) is 10.5 Å². The second kappa shape index (κ2) is 3.41. The van der Waals surface area contributed by atoms with Crippen molar-refractivity contribution in [2.24, 2.45) is 0 Å². The van der Waals surface area contributed by atoms with Crippen LogP contribution in [0.2, 0.25) is 0 Å². The maximum absolute atomic E-state index is 10.4. The van der Waals surface area contributed by atoms with Crippen molar-refractivity contribution in [2.45, 2.75) is 0 Å². The monoisotopic (exact) mass is 241 g/mol. The van der Waals surface area contributed by atoms with Crippen LogP contribution >= 0.6 is 15.9 Å². The zero-order valence-corrected chi connectivity index (χ0v) is 7.91. The quantitative estimate of drug-likeness (QED) is 0.461. The minimum absolute atomic E-state index is 0.0378. The molecule has 66 valence electrons. The normalized spacial score (nSPS) is 9.23. The molecule has 0 fully saturated rings. The second-order valence-electron chi connectivity index (χ2n) is 2.26. The van der Waals surface area contributed by atoms with E-state index in [-0.39, 0.29) is 16.9 Å². The number of halogens is 1. The van der Waals surface area contributed by atoms with Crippen LogP contribution in [0.4, 0.5) is 11.4 Å². The zero-order valence-electron chi connectivity index (χ0n) is 6.32. The van der Waals surface area contributed by atoms with E-state index in [9.17, 15) is 10.1 Å². The van der Waals surface area contributed by atoms with Crippen LogP contribution in [-0.4, -0.2) is 4.92 Å². The summed E-state index contributed by atoms with van der Waals surface area (Å²) in [7, 11) is 0. The lowest BCUT2D eigenvalue weighted by Gasteiger charge is -1.98. The molecule has 1 rings (SSSR count). The lowest BCUT2D eigenvalue weighted by atomic mass is 10.2. The van der Waals surface area contributed by atoms with Crippen LogP contribution in [0.15, 0.2) is 16.6 Å². The number of hydrogen-bond acceptors (Lipinski definition) is 4. The Hall–Kier alpha value is -1.61. The Morgan fingerprint density at radius 3 is 2.69 bits per heavy atom. The van der Waals surface area contributed by atoms with E-state index in [1.807, 2.05) is 6.07 Å². The van der Waals surface area contributed by atoms with Crippen molar-refractivity contribution in [3.8, 4) is 6.07 Å². The van der Waals surface area contributed by atoms with Gasteiger partial charge in [-0.25, -0.2) is 0 Å². The number of benzene rings is 1. The van der Waals surface area contributed by atoms with Crippen molar-refractivity contribution in [2.75, 3.05) is 5.73 Å². The summed E-state index contributed by atoms with van der Waals surface area (Å²) < 4.78 is 0.457. The van der Waals surface area contributed by atoms with Crippen LogP contribution in [0.25, 0.3) is 0 Å². The minimum atomic E-state index is -0.622. The summed E-state index contributed by atoms with van der Waals surface area (Å²) in [5, 5.41) is 19.0. The first-order valence-corrected chi connectivity index (χ1v) is 3.99. The van der Waals surface area contributed by atoms with E-state index in [2.05, 4.69) is 15.9 Å². The molecule has 0 heterocycles. The number of nitriles is 1. The molecule has 0 saturated carbocycles. The van der Waals surface area contributed by atoms with Gasteiger partial charge in [0.15, 0.2) is 0 Å². The molecule has 0 aliphatic heterocycles. The third kappa shape index (κ3) is 1.76. The molecule has 0 aliphatic rings. The highest BCUT2D eigenvalue weighted by molar-refractivity contribution is 9.10. The SMILES string of the molecule is N#Cc1cc([N+](=O)[O-])c(N)cc1Br. The Bertz CT molecular complexity index is 411. The van der Waals surface area contributed by atoms with Crippen molar-refractivity contribution < 1.29 is 4.92 Å². The molecule has 0 amide bonds. The second-order valence-corrected chi connectivity index (χ2v) is 3.11. The van der Waals surface area contributed by atoms with Crippen molar-refractivity contribution in [1.82, 2.24) is 0 Å². The third-order valence-corrected chi connectivity index (χ3v) is 2.09. The number of nitrogens with zero attached hydrogens (tertiary/aromatic N) is 2. The van der Waals surface area contributed by atoms with E-state index >= 15 is 0 Å². The number of nitrogens with two attached hydrogens (primary N) is 1. The molecule has 5 nitrogen and oxygen atoms in total. The summed E-state index contributed by atoms with van der Waals surface area (Å²) in [6.45, 7) is 0. The van der Waals surface area contributed by atoms with Crippen molar-refractivity contribution in [1.29, 1.82) is 5.26 Å². The average Bonchev–Trinajstić information content (AvgIpc) is 2.03.